The molecule has 2 heteroatoms. The highest BCUT2D eigenvalue weighted by Crippen LogP contribution is 2.32. The van der Waals surface area contributed by atoms with Crippen LogP contribution < -0.4 is 4.74 Å². The van der Waals surface area contributed by atoms with E-state index < -0.39 is 0 Å². The van der Waals surface area contributed by atoms with Crippen molar-refractivity contribution in [2.45, 2.75) is 46.5 Å². The predicted octanol–water partition coefficient (Wildman–Crippen LogP) is 4.32. The van der Waals surface area contributed by atoms with E-state index >= 15 is 0 Å². The molecule has 0 aliphatic heterocycles. The zero-order valence-electron chi connectivity index (χ0n) is 12.5. The van der Waals surface area contributed by atoms with E-state index in [1.54, 1.807) is 7.11 Å². The fraction of sp³-hybridized carbons (Fsp3) is 0.588. The van der Waals surface area contributed by atoms with Gasteiger partial charge in [-0.3, -0.25) is 4.79 Å². The number of methoxy groups -OCH3 is 1. The molecule has 0 spiro atoms. The number of ketones is 1. The molecular formula is C17H24O2. The summed E-state index contributed by atoms with van der Waals surface area (Å²) in [6.07, 6.45) is 4.46. The lowest BCUT2D eigenvalue weighted by Gasteiger charge is -2.25. The van der Waals surface area contributed by atoms with E-state index in [2.05, 4.69) is 6.92 Å². The average molecular weight is 260 g/mol. The van der Waals surface area contributed by atoms with Crippen LogP contribution in [-0.4, -0.2) is 12.9 Å². The third-order valence-corrected chi connectivity index (χ3v) is 4.39. The van der Waals surface area contributed by atoms with Crippen molar-refractivity contribution >= 4 is 5.78 Å². The minimum absolute atomic E-state index is 0.225. The number of carbonyl (C=O) groups excluding carboxylic acids is 1. The van der Waals surface area contributed by atoms with Crippen molar-refractivity contribution in [1.82, 2.24) is 0 Å². The standard InChI is InChI=1S/C17H24O2/c1-11-5-7-14(8-6-11)17(18)15-9-13(3)16(19-4)10-12(15)2/h9-11,14H,5-8H2,1-4H3. The van der Waals surface area contributed by atoms with E-state index in [0.717, 1.165) is 41.2 Å². The molecule has 104 valence electrons. The molecule has 1 aromatic rings. The first-order valence-electron chi connectivity index (χ1n) is 7.22. The molecule has 2 nitrogen and oxygen atoms in total. The molecule has 0 bridgehead atoms. The molecule has 0 heterocycles. The van der Waals surface area contributed by atoms with Gasteiger partial charge in [-0.05, 0) is 55.9 Å². The summed E-state index contributed by atoms with van der Waals surface area (Å²) < 4.78 is 5.31. The number of rotatable bonds is 3. The molecule has 0 amide bonds. The van der Waals surface area contributed by atoms with Crippen molar-refractivity contribution in [1.29, 1.82) is 0 Å². The molecule has 19 heavy (non-hydrogen) atoms. The Labute approximate surface area is 116 Å². The number of hydrogen-bond donors (Lipinski definition) is 0. The van der Waals surface area contributed by atoms with Crippen molar-refractivity contribution < 1.29 is 9.53 Å². The molecule has 1 aromatic carbocycles. The Kier molecular flexibility index (Phi) is 4.28. The molecule has 1 fully saturated rings. The van der Waals surface area contributed by atoms with Crippen molar-refractivity contribution in [2.75, 3.05) is 7.11 Å². The SMILES string of the molecule is COc1cc(C)c(C(=O)C2CCC(C)CC2)cc1C. The predicted molar refractivity (Wildman–Crippen MR) is 77.9 cm³/mol. The number of benzene rings is 1. The maximum absolute atomic E-state index is 12.6. The second kappa shape index (κ2) is 5.77. The van der Waals surface area contributed by atoms with Gasteiger partial charge in [0.2, 0.25) is 0 Å². The van der Waals surface area contributed by atoms with Gasteiger partial charge >= 0.3 is 0 Å². The summed E-state index contributed by atoms with van der Waals surface area (Å²) in [6.45, 7) is 6.28. The third-order valence-electron chi connectivity index (χ3n) is 4.39. The van der Waals surface area contributed by atoms with Crippen LogP contribution in [0.25, 0.3) is 0 Å². The largest absolute Gasteiger partial charge is 0.496 e. The first-order valence-corrected chi connectivity index (χ1v) is 7.22. The fourth-order valence-corrected chi connectivity index (χ4v) is 3.02. The van der Waals surface area contributed by atoms with Crippen LogP contribution in [0.5, 0.6) is 5.75 Å². The molecule has 0 radical (unpaired) electrons. The summed E-state index contributed by atoms with van der Waals surface area (Å²) in [5.74, 6) is 2.20. The molecule has 0 aromatic heterocycles. The summed E-state index contributed by atoms with van der Waals surface area (Å²) in [5, 5.41) is 0. The smallest absolute Gasteiger partial charge is 0.166 e. The zero-order chi connectivity index (χ0) is 14.0. The summed E-state index contributed by atoms with van der Waals surface area (Å²) >= 11 is 0. The summed E-state index contributed by atoms with van der Waals surface area (Å²) in [6, 6.07) is 3.97. The Hall–Kier alpha value is -1.31. The monoisotopic (exact) mass is 260 g/mol. The van der Waals surface area contributed by atoms with Crippen molar-refractivity contribution in [3.05, 3.63) is 28.8 Å². The molecule has 1 aliphatic carbocycles. The van der Waals surface area contributed by atoms with Gasteiger partial charge in [0.05, 0.1) is 7.11 Å². The van der Waals surface area contributed by atoms with E-state index in [1.807, 2.05) is 26.0 Å². The van der Waals surface area contributed by atoms with Crippen LogP contribution >= 0.6 is 0 Å². The third kappa shape index (κ3) is 2.99. The van der Waals surface area contributed by atoms with Crippen molar-refractivity contribution in [2.24, 2.45) is 11.8 Å². The first kappa shape index (κ1) is 14.1. The molecule has 0 atom stereocenters. The molecule has 2 rings (SSSR count). The lowest BCUT2D eigenvalue weighted by molar-refractivity contribution is 0.0875. The van der Waals surface area contributed by atoms with Gasteiger partial charge in [0.25, 0.3) is 0 Å². The van der Waals surface area contributed by atoms with E-state index in [4.69, 9.17) is 4.74 Å². The van der Waals surface area contributed by atoms with Gasteiger partial charge in [-0.1, -0.05) is 19.8 Å². The van der Waals surface area contributed by atoms with Crippen molar-refractivity contribution in [3.8, 4) is 5.75 Å². The van der Waals surface area contributed by atoms with Gasteiger partial charge in [-0.25, -0.2) is 0 Å². The maximum Gasteiger partial charge on any atom is 0.166 e. The Bertz CT molecular complexity index is 468. The van der Waals surface area contributed by atoms with Crippen LogP contribution in [0.15, 0.2) is 12.1 Å². The maximum atomic E-state index is 12.6. The topological polar surface area (TPSA) is 26.3 Å². The van der Waals surface area contributed by atoms with E-state index in [1.165, 1.54) is 12.8 Å². The summed E-state index contributed by atoms with van der Waals surface area (Å²) in [4.78, 5) is 12.6. The highest BCUT2D eigenvalue weighted by atomic mass is 16.5. The van der Waals surface area contributed by atoms with Gasteiger partial charge in [-0.15, -0.1) is 0 Å². The van der Waals surface area contributed by atoms with Gasteiger partial charge < -0.3 is 4.74 Å². The van der Waals surface area contributed by atoms with Crippen molar-refractivity contribution in [3.63, 3.8) is 0 Å². The van der Waals surface area contributed by atoms with Crippen LogP contribution in [0.2, 0.25) is 0 Å². The van der Waals surface area contributed by atoms with Gasteiger partial charge in [0.1, 0.15) is 5.75 Å². The fourth-order valence-electron chi connectivity index (χ4n) is 3.02. The molecule has 0 unspecified atom stereocenters. The van der Waals surface area contributed by atoms with Crippen LogP contribution in [0.4, 0.5) is 0 Å². The van der Waals surface area contributed by atoms with E-state index in [0.29, 0.717) is 5.78 Å². The average Bonchev–Trinajstić information content (AvgIpc) is 2.41. The molecule has 0 N–H and O–H groups in total. The van der Waals surface area contributed by atoms with Crippen LogP contribution in [0.3, 0.4) is 0 Å². The number of aryl methyl sites for hydroxylation is 2. The number of Topliss-reactive ketones (excluding diaryl/α,β-unsaturated/α-hetero) is 1. The quantitative estimate of drug-likeness (QED) is 0.756. The second-order valence-electron chi connectivity index (χ2n) is 5.96. The van der Waals surface area contributed by atoms with E-state index in [-0.39, 0.29) is 5.92 Å². The van der Waals surface area contributed by atoms with Crippen LogP contribution in [0, 0.1) is 25.7 Å². The Morgan fingerprint density at radius 2 is 1.74 bits per heavy atom. The summed E-state index contributed by atoms with van der Waals surface area (Å²) in [5.41, 5.74) is 2.96. The second-order valence-corrected chi connectivity index (χ2v) is 5.96. The Morgan fingerprint density at radius 1 is 1.11 bits per heavy atom. The molecule has 0 saturated heterocycles. The first-order chi connectivity index (χ1) is 9.02. The highest BCUT2D eigenvalue weighted by Gasteiger charge is 2.26. The lowest BCUT2D eigenvalue weighted by Crippen LogP contribution is -2.21. The van der Waals surface area contributed by atoms with Crippen LogP contribution in [0.1, 0.15) is 54.1 Å². The van der Waals surface area contributed by atoms with Gasteiger partial charge in [-0.2, -0.15) is 0 Å². The lowest BCUT2D eigenvalue weighted by atomic mass is 9.78. The molecule has 1 aliphatic rings. The Morgan fingerprint density at radius 3 is 2.32 bits per heavy atom. The number of ether oxygens (including phenoxy) is 1. The number of hydrogen-bond acceptors (Lipinski definition) is 2. The highest BCUT2D eigenvalue weighted by molar-refractivity contribution is 5.99. The van der Waals surface area contributed by atoms with Gasteiger partial charge in [0.15, 0.2) is 5.78 Å². The zero-order valence-corrected chi connectivity index (χ0v) is 12.5. The molecule has 1 saturated carbocycles. The van der Waals surface area contributed by atoms with Gasteiger partial charge in [0, 0.05) is 11.5 Å². The summed E-state index contributed by atoms with van der Waals surface area (Å²) in [7, 11) is 1.67. The minimum atomic E-state index is 0.225. The normalized spacial score (nSPS) is 23.2. The van der Waals surface area contributed by atoms with Crippen LogP contribution in [-0.2, 0) is 0 Å². The van der Waals surface area contributed by atoms with E-state index in [9.17, 15) is 4.79 Å². The minimum Gasteiger partial charge on any atom is -0.496 e. The Balaban J connectivity index is 2.22. The molecular weight excluding hydrogens is 236 g/mol. The number of carbonyl (C=O) groups is 1.